The van der Waals surface area contributed by atoms with Crippen molar-refractivity contribution in [2.24, 2.45) is 4.99 Å². The van der Waals surface area contributed by atoms with Crippen molar-refractivity contribution in [3.8, 4) is 11.5 Å². The molecule has 1 aliphatic heterocycles. The molecule has 5 nitrogen and oxygen atoms in total. The number of rotatable bonds is 6. The van der Waals surface area contributed by atoms with Gasteiger partial charge in [0, 0.05) is 12.6 Å². The minimum absolute atomic E-state index is 0.116. The minimum Gasteiger partial charge on any atom is -0.489 e. The quantitative estimate of drug-likeness (QED) is 0.270. The number of nitrogens with one attached hydrogen (secondary N) is 1. The average Bonchev–Trinajstić information content (AvgIpc) is 3.07. The number of hydrogen-bond donors (Lipinski definition) is 1. The first kappa shape index (κ1) is 23.8. The molecule has 0 bridgehead atoms. The van der Waals surface area contributed by atoms with E-state index in [2.05, 4.69) is 15.2 Å². The summed E-state index contributed by atoms with van der Waals surface area (Å²) in [6.07, 6.45) is -4.75. The monoisotopic (exact) mass is 497 g/mol. The Morgan fingerprint density at radius 1 is 0.941 bits per heavy atom. The third-order valence-electron chi connectivity index (χ3n) is 4.86. The van der Waals surface area contributed by atoms with Crippen LogP contribution in [-0.4, -0.2) is 24.3 Å². The van der Waals surface area contributed by atoms with Crippen LogP contribution in [0.25, 0.3) is 0 Å². The van der Waals surface area contributed by atoms with E-state index in [4.69, 9.17) is 16.3 Å². The van der Waals surface area contributed by atoms with E-state index < -0.39 is 28.7 Å². The second-order valence-corrected chi connectivity index (χ2v) is 7.88. The molecule has 178 valence electrons. The lowest BCUT2D eigenvalue weighted by molar-refractivity contribution is -0.274. The van der Waals surface area contributed by atoms with Gasteiger partial charge in [0.05, 0.1) is 5.56 Å². The molecule has 0 spiro atoms. The van der Waals surface area contributed by atoms with Crippen molar-refractivity contribution in [3.05, 3.63) is 95.1 Å². The highest BCUT2D eigenvalue weighted by Crippen LogP contribution is 2.36. The molecule has 0 saturated heterocycles. The Balaban J connectivity index is 1.45. The van der Waals surface area contributed by atoms with E-state index in [9.17, 15) is 22.0 Å². The van der Waals surface area contributed by atoms with Gasteiger partial charge in [0.25, 0.3) is 0 Å². The van der Waals surface area contributed by atoms with Gasteiger partial charge in [0.2, 0.25) is 5.12 Å². The van der Waals surface area contributed by atoms with Gasteiger partial charge >= 0.3 is 6.36 Å². The maximum atomic E-state index is 14.3. The molecule has 0 amide bonds. The summed E-state index contributed by atoms with van der Waals surface area (Å²) in [6, 6.07) is 15.5. The minimum atomic E-state index is -4.75. The van der Waals surface area contributed by atoms with E-state index in [1.165, 1.54) is 35.3 Å². The SMILES string of the molecule is CN1NC(Cl)(c2c(F)cccc2F)N=C1c1ccc(OCc2ccc(OC(F)(F)F)cc2)cc1. The van der Waals surface area contributed by atoms with Crippen LogP contribution in [0.4, 0.5) is 22.0 Å². The summed E-state index contributed by atoms with van der Waals surface area (Å²) < 4.78 is 74.7. The van der Waals surface area contributed by atoms with E-state index in [1.807, 2.05) is 0 Å². The first-order chi connectivity index (χ1) is 16.0. The van der Waals surface area contributed by atoms with Crippen LogP contribution in [0, 0.1) is 11.6 Å². The molecule has 1 N–H and O–H groups in total. The zero-order valence-electron chi connectivity index (χ0n) is 17.5. The van der Waals surface area contributed by atoms with Gasteiger partial charge in [-0.3, -0.25) is 5.01 Å². The van der Waals surface area contributed by atoms with Crippen molar-refractivity contribution in [3.63, 3.8) is 0 Å². The number of amidine groups is 1. The lowest BCUT2D eigenvalue weighted by Crippen LogP contribution is -2.42. The number of aliphatic imine (C=N–C) groups is 1. The van der Waals surface area contributed by atoms with Crippen LogP contribution >= 0.6 is 11.6 Å². The van der Waals surface area contributed by atoms with Crippen molar-refractivity contribution in [2.45, 2.75) is 18.1 Å². The van der Waals surface area contributed by atoms with Gasteiger partial charge in [-0.15, -0.1) is 13.2 Å². The predicted octanol–water partition coefficient (Wildman–Crippen LogP) is 5.69. The van der Waals surface area contributed by atoms with Crippen LogP contribution in [0.2, 0.25) is 0 Å². The maximum Gasteiger partial charge on any atom is 0.573 e. The molecular formula is C23H17ClF5N3O2. The summed E-state index contributed by atoms with van der Waals surface area (Å²) >= 11 is 6.43. The van der Waals surface area contributed by atoms with E-state index >= 15 is 0 Å². The fourth-order valence-electron chi connectivity index (χ4n) is 3.36. The Hall–Kier alpha value is -3.37. The molecule has 3 aromatic carbocycles. The number of ether oxygens (including phenoxy) is 2. The largest absolute Gasteiger partial charge is 0.573 e. The van der Waals surface area contributed by atoms with Crippen molar-refractivity contribution in [2.75, 3.05) is 7.05 Å². The predicted molar refractivity (Wildman–Crippen MR) is 115 cm³/mol. The number of hydrazine groups is 1. The Kier molecular flexibility index (Phi) is 6.37. The van der Waals surface area contributed by atoms with Crippen molar-refractivity contribution >= 4 is 17.4 Å². The van der Waals surface area contributed by atoms with Gasteiger partial charge in [0.1, 0.15) is 35.6 Å². The van der Waals surface area contributed by atoms with Crippen molar-refractivity contribution < 1.29 is 31.4 Å². The third-order valence-corrected chi connectivity index (χ3v) is 5.22. The van der Waals surface area contributed by atoms with Crippen LogP contribution in [0.15, 0.2) is 71.7 Å². The van der Waals surface area contributed by atoms with Crippen molar-refractivity contribution in [1.82, 2.24) is 10.4 Å². The van der Waals surface area contributed by atoms with Gasteiger partial charge in [-0.2, -0.15) is 5.43 Å². The van der Waals surface area contributed by atoms with Crippen LogP contribution in [0.3, 0.4) is 0 Å². The van der Waals surface area contributed by atoms with E-state index in [0.717, 1.165) is 12.1 Å². The molecule has 1 atom stereocenters. The standard InChI is InChI=1S/C23H17ClF5N3O2/c1-32-21(30-22(24,31-32)20-18(25)3-2-4-19(20)26)15-7-11-16(12-8-15)33-13-14-5-9-17(10-6-14)34-23(27,28)29/h2-12,31H,13H2,1H3. The van der Waals surface area contributed by atoms with E-state index in [-0.39, 0.29) is 12.4 Å². The summed E-state index contributed by atoms with van der Waals surface area (Å²) in [5.41, 5.74) is 3.59. The van der Waals surface area contributed by atoms with Gasteiger partial charge in [-0.25, -0.2) is 13.8 Å². The molecule has 1 aliphatic rings. The molecule has 0 aliphatic carbocycles. The van der Waals surface area contributed by atoms with Gasteiger partial charge in [0.15, 0.2) is 0 Å². The Bertz CT molecular complexity index is 1180. The molecule has 4 rings (SSSR count). The molecule has 0 fully saturated rings. The average molecular weight is 498 g/mol. The molecule has 34 heavy (non-hydrogen) atoms. The lowest BCUT2D eigenvalue weighted by atomic mass is 10.1. The first-order valence-corrected chi connectivity index (χ1v) is 10.2. The Labute approximate surface area is 196 Å². The molecular weight excluding hydrogens is 481 g/mol. The highest BCUT2D eigenvalue weighted by molar-refractivity contribution is 6.25. The summed E-state index contributed by atoms with van der Waals surface area (Å²) in [6.45, 7) is 0.116. The zero-order chi connectivity index (χ0) is 24.5. The summed E-state index contributed by atoms with van der Waals surface area (Å²) in [5.74, 6) is -1.14. The summed E-state index contributed by atoms with van der Waals surface area (Å²) in [7, 11) is 1.61. The van der Waals surface area contributed by atoms with Crippen molar-refractivity contribution in [1.29, 1.82) is 0 Å². The highest BCUT2D eigenvalue weighted by Gasteiger charge is 2.42. The fraction of sp³-hybridized carbons (Fsp3) is 0.174. The molecule has 11 heteroatoms. The summed E-state index contributed by atoms with van der Waals surface area (Å²) in [5, 5.41) is -0.393. The van der Waals surface area contributed by atoms with E-state index in [0.29, 0.717) is 22.7 Å². The Morgan fingerprint density at radius 2 is 1.53 bits per heavy atom. The van der Waals surface area contributed by atoms with Crippen LogP contribution < -0.4 is 14.9 Å². The molecule has 3 aromatic rings. The molecule has 0 aromatic heterocycles. The highest BCUT2D eigenvalue weighted by atomic mass is 35.5. The smallest absolute Gasteiger partial charge is 0.489 e. The second kappa shape index (κ2) is 9.11. The van der Waals surface area contributed by atoms with Gasteiger partial charge in [-0.05, 0) is 54.1 Å². The first-order valence-electron chi connectivity index (χ1n) is 9.87. The molecule has 1 unspecified atom stereocenters. The summed E-state index contributed by atoms with van der Waals surface area (Å²) in [4.78, 5) is 4.30. The number of nitrogens with zero attached hydrogens (tertiary/aromatic N) is 2. The van der Waals surface area contributed by atoms with Gasteiger partial charge < -0.3 is 9.47 Å². The Morgan fingerprint density at radius 3 is 2.12 bits per heavy atom. The van der Waals surface area contributed by atoms with Crippen LogP contribution in [0.5, 0.6) is 11.5 Å². The fourth-order valence-corrected chi connectivity index (χ4v) is 3.75. The molecule has 1 heterocycles. The second-order valence-electron chi connectivity index (χ2n) is 7.33. The topological polar surface area (TPSA) is 46.1 Å². The molecule has 0 radical (unpaired) electrons. The van der Waals surface area contributed by atoms with Crippen LogP contribution in [-0.2, 0) is 11.7 Å². The normalized spacial score (nSPS) is 18.1. The van der Waals surface area contributed by atoms with Crippen LogP contribution in [0.1, 0.15) is 16.7 Å². The number of halogens is 6. The number of benzene rings is 3. The maximum absolute atomic E-state index is 14.3. The molecule has 0 saturated carbocycles. The number of alkyl halides is 4. The third kappa shape index (κ3) is 5.23. The van der Waals surface area contributed by atoms with E-state index in [1.54, 1.807) is 31.3 Å². The lowest BCUT2D eigenvalue weighted by Gasteiger charge is -2.22. The zero-order valence-corrected chi connectivity index (χ0v) is 18.3. The number of hydrogen-bond acceptors (Lipinski definition) is 5. The van der Waals surface area contributed by atoms with Gasteiger partial charge in [-0.1, -0.05) is 29.8 Å².